The number of nitrogens with zero attached hydrogens (tertiary/aromatic N) is 2. The number of rotatable bonds is 6. The monoisotopic (exact) mass is 239 g/mol. The van der Waals surface area contributed by atoms with Gasteiger partial charge in [0.25, 0.3) is 0 Å². The fourth-order valence-electron chi connectivity index (χ4n) is 2.44. The lowest BCUT2D eigenvalue weighted by atomic mass is 10.2. The minimum Gasteiger partial charge on any atom is -0.340 e. The smallest absolute Gasteiger partial charge is 0.225 e. The highest BCUT2D eigenvalue weighted by Gasteiger charge is 2.34. The molecule has 98 valence electrons. The molecule has 0 atom stereocenters. The molecule has 0 unspecified atom stereocenters. The zero-order valence-corrected chi connectivity index (χ0v) is 10.7. The third-order valence-electron chi connectivity index (χ3n) is 3.79. The maximum absolute atomic E-state index is 11.9. The molecule has 2 fully saturated rings. The topological polar surface area (TPSA) is 49.6 Å². The fraction of sp³-hybridized carbons (Fsp3) is 0.923. The summed E-state index contributed by atoms with van der Waals surface area (Å²) in [6.45, 7) is 5.97. The van der Waals surface area contributed by atoms with E-state index in [2.05, 4.69) is 9.80 Å². The number of hydrogen-bond donors (Lipinski definition) is 1. The van der Waals surface area contributed by atoms with Crippen LogP contribution in [0.1, 0.15) is 32.1 Å². The Morgan fingerprint density at radius 3 is 2.35 bits per heavy atom. The van der Waals surface area contributed by atoms with Crippen LogP contribution in [0.3, 0.4) is 0 Å². The second kappa shape index (κ2) is 6.36. The summed E-state index contributed by atoms with van der Waals surface area (Å²) in [6, 6.07) is 0. The van der Waals surface area contributed by atoms with E-state index in [1.807, 2.05) is 0 Å². The van der Waals surface area contributed by atoms with Gasteiger partial charge in [0, 0.05) is 32.1 Å². The maximum Gasteiger partial charge on any atom is 0.225 e. The van der Waals surface area contributed by atoms with Gasteiger partial charge in [-0.1, -0.05) is 6.42 Å². The fourth-order valence-corrected chi connectivity index (χ4v) is 2.44. The van der Waals surface area contributed by atoms with Crippen LogP contribution in [0.2, 0.25) is 0 Å². The molecule has 2 N–H and O–H groups in total. The van der Waals surface area contributed by atoms with E-state index in [0.717, 1.165) is 52.0 Å². The van der Waals surface area contributed by atoms with Crippen molar-refractivity contribution in [2.45, 2.75) is 32.1 Å². The van der Waals surface area contributed by atoms with Crippen LogP contribution in [0.25, 0.3) is 0 Å². The van der Waals surface area contributed by atoms with Gasteiger partial charge in [-0.3, -0.25) is 9.69 Å². The molecule has 1 amide bonds. The first-order chi connectivity index (χ1) is 8.31. The molecule has 1 saturated carbocycles. The first-order valence-electron chi connectivity index (χ1n) is 7.02. The number of carbonyl (C=O) groups excluding carboxylic acids is 1. The lowest BCUT2D eigenvalue weighted by Crippen LogP contribution is -2.49. The first-order valence-corrected chi connectivity index (χ1v) is 7.02. The van der Waals surface area contributed by atoms with E-state index in [-0.39, 0.29) is 0 Å². The van der Waals surface area contributed by atoms with Gasteiger partial charge < -0.3 is 10.6 Å². The second-order valence-corrected chi connectivity index (χ2v) is 5.29. The highest BCUT2D eigenvalue weighted by molar-refractivity contribution is 5.81. The third-order valence-corrected chi connectivity index (χ3v) is 3.79. The average molecular weight is 239 g/mol. The van der Waals surface area contributed by atoms with Gasteiger partial charge in [0.1, 0.15) is 0 Å². The highest BCUT2D eigenvalue weighted by atomic mass is 16.2. The van der Waals surface area contributed by atoms with Crippen molar-refractivity contribution in [3.05, 3.63) is 0 Å². The summed E-state index contributed by atoms with van der Waals surface area (Å²) in [5.41, 5.74) is 5.48. The molecule has 0 aromatic rings. The number of amides is 1. The lowest BCUT2D eigenvalue weighted by Gasteiger charge is -2.34. The van der Waals surface area contributed by atoms with Crippen molar-refractivity contribution in [1.29, 1.82) is 0 Å². The number of carbonyl (C=O) groups is 1. The molecule has 17 heavy (non-hydrogen) atoms. The van der Waals surface area contributed by atoms with Crippen LogP contribution in [0.4, 0.5) is 0 Å². The number of unbranched alkanes of at least 4 members (excludes halogenated alkanes) is 2. The summed E-state index contributed by atoms with van der Waals surface area (Å²) in [5, 5.41) is 0. The van der Waals surface area contributed by atoms with Crippen molar-refractivity contribution in [3.63, 3.8) is 0 Å². The summed E-state index contributed by atoms with van der Waals surface area (Å²) in [4.78, 5) is 16.4. The second-order valence-electron chi connectivity index (χ2n) is 5.29. The van der Waals surface area contributed by atoms with Gasteiger partial charge in [-0.2, -0.15) is 0 Å². The van der Waals surface area contributed by atoms with Crippen molar-refractivity contribution >= 4 is 5.91 Å². The summed E-state index contributed by atoms with van der Waals surface area (Å²) in [6.07, 6.45) is 5.86. The van der Waals surface area contributed by atoms with Gasteiger partial charge >= 0.3 is 0 Å². The van der Waals surface area contributed by atoms with Gasteiger partial charge in [-0.15, -0.1) is 0 Å². The molecule has 4 nitrogen and oxygen atoms in total. The number of piperazine rings is 1. The maximum atomic E-state index is 11.9. The normalized spacial score (nSPS) is 21.8. The molecule has 1 aliphatic heterocycles. The third kappa shape index (κ3) is 3.96. The molecular formula is C13H25N3O. The van der Waals surface area contributed by atoms with E-state index >= 15 is 0 Å². The van der Waals surface area contributed by atoms with Crippen LogP contribution < -0.4 is 5.73 Å². The van der Waals surface area contributed by atoms with Crippen LogP contribution in [0, 0.1) is 5.92 Å². The largest absolute Gasteiger partial charge is 0.340 e. The van der Waals surface area contributed by atoms with Gasteiger partial charge in [0.15, 0.2) is 0 Å². The standard InChI is InChI=1S/C13H25N3O/c14-6-2-1-3-7-15-8-10-16(11-9-15)13(17)12-4-5-12/h12H,1-11,14H2. The van der Waals surface area contributed by atoms with Crippen molar-refractivity contribution in [2.24, 2.45) is 11.7 Å². The molecule has 0 bridgehead atoms. The quantitative estimate of drug-likeness (QED) is 0.693. The molecule has 2 rings (SSSR count). The summed E-state index contributed by atoms with van der Waals surface area (Å²) >= 11 is 0. The Morgan fingerprint density at radius 2 is 1.76 bits per heavy atom. The molecule has 4 heteroatoms. The molecule has 1 saturated heterocycles. The van der Waals surface area contributed by atoms with Gasteiger partial charge in [-0.25, -0.2) is 0 Å². The Morgan fingerprint density at radius 1 is 1.06 bits per heavy atom. The lowest BCUT2D eigenvalue weighted by molar-refractivity contribution is -0.134. The van der Waals surface area contributed by atoms with Gasteiger partial charge in [0.2, 0.25) is 5.91 Å². The summed E-state index contributed by atoms with van der Waals surface area (Å²) < 4.78 is 0. The molecule has 1 aliphatic carbocycles. The van der Waals surface area contributed by atoms with Crippen LogP contribution in [-0.4, -0.2) is 55.0 Å². The highest BCUT2D eigenvalue weighted by Crippen LogP contribution is 2.31. The molecule has 0 spiro atoms. The van der Waals surface area contributed by atoms with E-state index in [1.165, 1.54) is 19.4 Å². The van der Waals surface area contributed by atoms with E-state index < -0.39 is 0 Å². The Hall–Kier alpha value is -0.610. The molecule has 0 radical (unpaired) electrons. The molecule has 2 aliphatic rings. The van der Waals surface area contributed by atoms with Crippen LogP contribution >= 0.6 is 0 Å². The predicted molar refractivity (Wildman–Crippen MR) is 68.6 cm³/mol. The summed E-state index contributed by atoms with van der Waals surface area (Å²) in [5.74, 6) is 0.791. The Bertz CT molecular complexity index is 245. The first kappa shape index (κ1) is 12.8. The molecule has 1 heterocycles. The minimum atomic E-state index is 0.381. The Kier molecular flexibility index (Phi) is 4.80. The Labute approximate surface area is 104 Å². The van der Waals surface area contributed by atoms with Crippen molar-refractivity contribution in [2.75, 3.05) is 39.3 Å². The SMILES string of the molecule is NCCCCCN1CCN(C(=O)C2CC2)CC1. The van der Waals surface area contributed by atoms with Crippen molar-refractivity contribution in [3.8, 4) is 0 Å². The zero-order chi connectivity index (χ0) is 12.1. The minimum absolute atomic E-state index is 0.381. The molecule has 0 aromatic heterocycles. The van der Waals surface area contributed by atoms with E-state index in [4.69, 9.17) is 5.73 Å². The van der Waals surface area contributed by atoms with Crippen molar-refractivity contribution in [1.82, 2.24) is 9.80 Å². The van der Waals surface area contributed by atoms with E-state index in [0.29, 0.717) is 11.8 Å². The predicted octanol–water partition coefficient (Wildman–Crippen LogP) is 0.670. The Balaban J connectivity index is 1.58. The average Bonchev–Trinajstić information content (AvgIpc) is 3.19. The van der Waals surface area contributed by atoms with E-state index in [9.17, 15) is 4.79 Å². The van der Waals surface area contributed by atoms with Crippen LogP contribution in [0.5, 0.6) is 0 Å². The van der Waals surface area contributed by atoms with Crippen molar-refractivity contribution < 1.29 is 4.79 Å². The number of nitrogens with two attached hydrogens (primary N) is 1. The van der Waals surface area contributed by atoms with E-state index in [1.54, 1.807) is 0 Å². The molecular weight excluding hydrogens is 214 g/mol. The van der Waals surface area contributed by atoms with Gasteiger partial charge in [-0.05, 0) is 38.8 Å². The van der Waals surface area contributed by atoms with Crippen LogP contribution in [-0.2, 0) is 4.79 Å². The summed E-state index contributed by atoms with van der Waals surface area (Å²) in [7, 11) is 0. The zero-order valence-electron chi connectivity index (χ0n) is 10.7. The van der Waals surface area contributed by atoms with Crippen LogP contribution in [0.15, 0.2) is 0 Å². The van der Waals surface area contributed by atoms with Gasteiger partial charge in [0.05, 0.1) is 0 Å². The molecule has 0 aromatic carbocycles. The number of hydrogen-bond acceptors (Lipinski definition) is 3.